The van der Waals surface area contributed by atoms with Crippen LogP contribution in [-0.4, -0.2) is 35.6 Å². The van der Waals surface area contributed by atoms with Gasteiger partial charge in [-0.3, -0.25) is 24.7 Å². The molecule has 0 saturated carbocycles. The number of halogens is 2. The van der Waals surface area contributed by atoms with E-state index in [9.17, 15) is 19.7 Å². The Morgan fingerprint density at radius 1 is 0.943 bits per heavy atom. The molecule has 0 bridgehead atoms. The highest BCUT2D eigenvalue weighted by Gasteiger charge is 2.57. The molecular weight excluding hydrogens is 495 g/mol. The number of hydrogen-bond acceptors (Lipinski definition) is 7. The predicted molar refractivity (Wildman–Crippen MR) is 131 cm³/mol. The number of anilines is 2. The lowest BCUT2D eigenvalue weighted by Gasteiger charge is -2.22. The normalized spacial score (nSPS) is 19.1. The average molecular weight is 511 g/mol. The minimum absolute atomic E-state index is 0.108. The Morgan fingerprint density at radius 3 is 2.20 bits per heavy atom. The molecule has 3 aromatic carbocycles. The van der Waals surface area contributed by atoms with Crippen LogP contribution < -0.4 is 14.6 Å². The number of rotatable bonds is 5. The van der Waals surface area contributed by atoms with E-state index in [1.807, 2.05) is 0 Å². The molecule has 2 aliphatic heterocycles. The smallest absolute Gasteiger partial charge is 0.269 e. The maximum atomic E-state index is 13.6. The van der Waals surface area contributed by atoms with E-state index in [-0.39, 0.29) is 10.7 Å². The van der Waals surface area contributed by atoms with Gasteiger partial charge in [-0.25, -0.2) is 4.90 Å². The number of imide groups is 1. The number of amides is 2. The van der Waals surface area contributed by atoms with Crippen LogP contribution in [0.3, 0.4) is 0 Å². The van der Waals surface area contributed by atoms with Crippen LogP contribution in [0.4, 0.5) is 17.1 Å². The van der Waals surface area contributed by atoms with E-state index < -0.39 is 28.7 Å². The molecule has 1 fully saturated rings. The van der Waals surface area contributed by atoms with Gasteiger partial charge in [-0.05, 0) is 48.5 Å². The van der Waals surface area contributed by atoms with Crippen molar-refractivity contribution in [1.29, 1.82) is 0 Å². The fourth-order valence-corrected chi connectivity index (χ4v) is 4.77. The Morgan fingerprint density at radius 2 is 1.60 bits per heavy atom. The first-order valence-corrected chi connectivity index (χ1v) is 11.1. The average Bonchev–Trinajstić information content (AvgIpc) is 3.36. The molecule has 2 amide bonds. The minimum atomic E-state index is -0.993. The summed E-state index contributed by atoms with van der Waals surface area (Å²) in [4.78, 5) is 38.9. The monoisotopic (exact) mass is 510 g/mol. The summed E-state index contributed by atoms with van der Waals surface area (Å²) >= 11 is 12.5. The SMILES string of the molecule is COc1ccc(N2C(=O)[C@@H]3C(c4ccc(Cl)cc4Cl)=NN(c4ccc([N+](=O)[O-])cc4)[C@H]3C2=O)cc1. The molecule has 0 radical (unpaired) electrons. The van der Waals surface area contributed by atoms with Crippen molar-refractivity contribution in [2.45, 2.75) is 6.04 Å². The Bertz CT molecular complexity index is 1390. The number of non-ortho nitro benzene ring substituents is 1. The zero-order chi connectivity index (χ0) is 24.9. The Labute approximate surface area is 209 Å². The van der Waals surface area contributed by atoms with E-state index in [1.165, 1.54) is 42.5 Å². The van der Waals surface area contributed by atoms with Gasteiger partial charge in [0.15, 0.2) is 0 Å². The van der Waals surface area contributed by atoms with E-state index in [0.29, 0.717) is 33.4 Å². The van der Waals surface area contributed by atoms with Crippen molar-refractivity contribution >= 4 is 57.8 Å². The lowest BCUT2D eigenvalue weighted by atomic mass is 9.92. The summed E-state index contributed by atoms with van der Waals surface area (Å²) in [5.74, 6) is -1.30. The molecule has 2 aliphatic rings. The maximum Gasteiger partial charge on any atom is 0.269 e. The number of nitrogens with zero attached hydrogens (tertiary/aromatic N) is 4. The van der Waals surface area contributed by atoms with Gasteiger partial charge in [-0.15, -0.1) is 0 Å². The number of benzene rings is 3. The number of carbonyl (C=O) groups excluding carboxylic acids is 2. The van der Waals surface area contributed by atoms with Crippen molar-refractivity contribution in [3.63, 3.8) is 0 Å². The van der Waals surface area contributed by atoms with Crippen LogP contribution in [0, 0.1) is 16.0 Å². The van der Waals surface area contributed by atoms with Gasteiger partial charge in [-0.1, -0.05) is 29.3 Å². The highest BCUT2D eigenvalue weighted by atomic mass is 35.5. The van der Waals surface area contributed by atoms with Gasteiger partial charge in [-0.2, -0.15) is 5.10 Å². The van der Waals surface area contributed by atoms with Crippen molar-refractivity contribution in [3.05, 3.63) is 92.5 Å². The zero-order valence-corrected chi connectivity index (χ0v) is 19.6. The van der Waals surface area contributed by atoms with E-state index in [0.717, 1.165) is 4.90 Å². The summed E-state index contributed by atoms with van der Waals surface area (Å²) in [6.45, 7) is 0. The maximum absolute atomic E-state index is 13.6. The first-order chi connectivity index (χ1) is 16.8. The second-order valence-electron chi connectivity index (χ2n) is 7.86. The summed E-state index contributed by atoms with van der Waals surface area (Å²) in [7, 11) is 1.52. The molecule has 3 aromatic rings. The lowest BCUT2D eigenvalue weighted by Crippen LogP contribution is -2.39. The predicted octanol–water partition coefficient (Wildman–Crippen LogP) is 4.69. The lowest BCUT2D eigenvalue weighted by molar-refractivity contribution is -0.384. The summed E-state index contributed by atoms with van der Waals surface area (Å²) < 4.78 is 5.17. The standard InChI is InChI=1S/C24H16Cl2N4O5/c1-35-17-9-7-14(8-10-17)28-23(31)20-21(18-11-2-13(25)12-19(18)26)27-29(22(20)24(28)32)15-3-5-16(6-4-15)30(33)34/h2-12,20,22H,1H3/t20-,22-/m1/s1. The molecule has 5 rings (SSSR count). The van der Waals surface area contributed by atoms with E-state index >= 15 is 0 Å². The molecule has 0 spiro atoms. The summed E-state index contributed by atoms with van der Waals surface area (Å²) in [6.07, 6.45) is 0. The number of ether oxygens (including phenoxy) is 1. The largest absolute Gasteiger partial charge is 0.497 e. The zero-order valence-electron chi connectivity index (χ0n) is 18.1. The third-order valence-electron chi connectivity index (χ3n) is 5.91. The van der Waals surface area contributed by atoms with Crippen LogP contribution in [0.15, 0.2) is 71.8 Å². The number of nitro benzene ring substituents is 1. The van der Waals surface area contributed by atoms with Gasteiger partial charge in [0.05, 0.1) is 34.1 Å². The summed E-state index contributed by atoms with van der Waals surface area (Å²) in [6, 6.07) is 16.0. The van der Waals surface area contributed by atoms with Crippen molar-refractivity contribution in [2.24, 2.45) is 11.0 Å². The molecule has 0 unspecified atom stereocenters. The third kappa shape index (κ3) is 3.78. The van der Waals surface area contributed by atoms with Crippen molar-refractivity contribution in [1.82, 2.24) is 0 Å². The van der Waals surface area contributed by atoms with Gasteiger partial charge in [0, 0.05) is 22.7 Å². The van der Waals surface area contributed by atoms with Crippen LogP contribution in [0.2, 0.25) is 10.0 Å². The number of carbonyl (C=O) groups is 2. The van der Waals surface area contributed by atoms with Gasteiger partial charge in [0.25, 0.3) is 11.6 Å². The van der Waals surface area contributed by atoms with Gasteiger partial charge >= 0.3 is 0 Å². The number of nitro groups is 1. The van der Waals surface area contributed by atoms with E-state index in [1.54, 1.807) is 36.4 Å². The van der Waals surface area contributed by atoms with Crippen LogP contribution in [0.1, 0.15) is 5.56 Å². The fourth-order valence-electron chi connectivity index (χ4n) is 4.26. The highest BCUT2D eigenvalue weighted by molar-refractivity contribution is 6.40. The van der Waals surface area contributed by atoms with Crippen LogP contribution in [0.25, 0.3) is 0 Å². The van der Waals surface area contributed by atoms with E-state index in [4.69, 9.17) is 27.9 Å². The quantitative estimate of drug-likeness (QED) is 0.280. The molecule has 2 heterocycles. The van der Waals surface area contributed by atoms with Crippen molar-refractivity contribution in [2.75, 3.05) is 17.0 Å². The molecule has 176 valence electrons. The number of hydrogen-bond donors (Lipinski definition) is 0. The van der Waals surface area contributed by atoms with Crippen LogP contribution in [0.5, 0.6) is 5.75 Å². The molecular formula is C24H16Cl2N4O5. The van der Waals surface area contributed by atoms with Gasteiger partial charge in [0.1, 0.15) is 17.7 Å². The fraction of sp³-hybridized carbons (Fsp3) is 0.125. The van der Waals surface area contributed by atoms with Crippen LogP contribution >= 0.6 is 23.2 Å². The number of methoxy groups -OCH3 is 1. The van der Waals surface area contributed by atoms with E-state index in [2.05, 4.69) is 5.10 Å². The number of fused-ring (bicyclic) bond motifs is 1. The minimum Gasteiger partial charge on any atom is -0.497 e. The molecule has 9 nitrogen and oxygen atoms in total. The first kappa shape index (κ1) is 22.8. The highest BCUT2D eigenvalue weighted by Crippen LogP contribution is 2.41. The molecule has 0 N–H and O–H groups in total. The number of hydrazone groups is 1. The molecule has 1 saturated heterocycles. The summed E-state index contributed by atoms with van der Waals surface area (Å²) in [5.41, 5.74) is 1.48. The second kappa shape index (κ2) is 8.68. The first-order valence-electron chi connectivity index (χ1n) is 10.4. The Hall–Kier alpha value is -3.95. The summed E-state index contributed by atoms with van der Waals surface area (Å²) in [5, 5.41) is 17.8. The molecule has 11 heteroatoms. The molecule has 2 atom stereocenters. The third-order valence-corrected chi connectivity index (χ3v) is 6.46. The Kier molecular flexibility index (Phi) is 5.66. The van der Waals surface area contributed by atoms with Gasteiger partial charge in [0.2, 0.25) is 5.91 Å². The van der Waals surface area contributed by atoms with Crippen LogP contribution in [-0.2, 0) is 9.59 Å². The molecule has 0 aromatic heterocycles. The van der Waals surface area contributed by atoms with Crippen molar-refractivity contribution < 1.29 is 19.2 Å². The van der Waals surface area contributed by atoms with Gasteiger partial charge < -0.3 is 4.74 Å². The Balaban J connectivity index is 1.62. The second-order valence-corrected chi connectivity index (χ2v) is 8.70. The molecule has 0 aliphatic carbocycles. The topological polar surface area (TPSA) is 105 Å². The molecule has 35 heavy (non-hydrogen) atoms. The van der Waals surface area contributed by atoms with Crippen molar-refractivity contribution in [3.8, 4) is 5.75 Å².